The first-order valence-electron chi connectivity index (χ1n) is 9.98. The minimum atomic E-state index is 0.0296. The number of methoxy groups -OCH3 is 1. The van der Waals surface area contributed by atoms with Crippen LogP contribution in [0.1, 0.15) is 20.3 Å². The topological polar surface area (TPSA) is 70.6 Å². The van der Waals surface area contributed by atoms with E-state index in [9.17, 15) is 4.79 Å². The lowest BCUT2D eigenvalue weighted by molar-refractivity contribution is -0.119. The van der Waals surface area contributed by atoms with E-state index >= 15 is 0 Å². The maximum atomic E-state index is 12.1. The summed E-state index contributed by atoms with van der Waals surface area (Å²) in [6, 6.07) is 8.29. The molecule has 0 spiro atoms. The number of thioether (sulfide) groups is 1. The third-order valence-corrected chi connectivity index (χ3v) is 5.98. The van der Waals surface area contributed by atoms with Crippen LogP contribution in [0.4, 0.5) is 11.5 Å². The highest BCUT2D eigenvalue weighted by Gasteiger charge is 2.23. The summed E-state index contributed by atoms with van der Waals surface area (Å²) >= 11 is 1.44. The SMILES string of the molecule is CC[C@@H](C)NC(=O)CSc1nccnc1N1CCN(c2ccccc2OC)CC1. The third kappa shape index (κ3) is 5.53. The Labute approximate surface area is 176 Å². The molecule has 3 rings (SSSR count). The van der Waals surface area contributed by atoms with Gasteiger partial charge >= 0.3 is 0 Å². The van der Waals surface area contributed by atoms with E-state index in [0.29, 0.717) is 5.75 Å². The van der Waals surface area contributed by atoms with Gasteiger partial charge in [0.2, 0.25) is 5.91 Å². The van der Waals surface area contributed by atoms with Crippen molar-refractivity contribution in [1.29, 1.82) is 0 Å². The molecule has 1 fully saturated rings. The summed E-state index contributed by atoms with van der Waals surface area (Å²) in [4.78, 5) is 25.7. The highest BCUT2D eigenvalue weighted by molar-refractivity contribution is 8.00. The van der Waals surface area contributed by atoms with Gasteiger partial charge in [-0.1, -0.05) is 30.8 Å². The molecular formula is C21H29N5O2S. The molecule has 2 heterocycles. The average molecular weight is 416 g/mol. The molecule has 0 aliphatic carbocycles. The lowest BCUT2D eigenvalue weighted by atomic mass is 10.2. The summed E-state index contributed by atoms with van der Waals surface area (Å²) in [6.07, 6.45) is 4.32. The van der Waals surface area contributed by atoms with Gasteiger partial charge in [0, 0.05) is 44.6 Å². The Hall–Kier alpha value is -2.48. The summed E-state index contributed by atoms with van der Waals surface area (Å²) in [5.74, 6) is 2.12. The monoisotopic (exact) mass is 415 g/mol. The lowest BCUT2D eigenvalue weighted by Gasteiger charge is -2.37. The van der Waals surface area contributed by atoms with Crippen molar-refractivity contribution in [1.82, 2.24) is 15.3 Å². The molecule has 7 nitrogen and oxygen atoms in total. The zero-order valence-corrected chi connectivity index (χ0v) is 18.1. The first-order chi connectivity index (χ1) is 14.1. The maximum Gasteiger partial charge on any atom is 0.230 e. The zero-order valence-electron chi connectivity index (χ0n) is 17.3. The van der Waals surface area contributed by atoms with Crippen LogP contribution in [0.3, 0.4) is 0 Å². The van der Waals surface area contributed by atoms with Crippen LogP contribution < -0.4 is 19.9 Å². The molecule has 0 saturated carbocycles. The second kappa shape index (κ2) is 10.3. The van der Waals surface area contributed by atoms with Crippen LogP contribution in [0.2, 0.25) is 0 Å². The molecule has 8 heteroatoms. The van der Waals surface area contributed by atoms with Crippen molar-refractivity contribution in [2.24, 2.45) is 0 Å². The van der Waals surface area contributed by atoms with E-state index in [1.54, 1.807) is 19.5 Å². The molecule has 0 radical (unpaired) electrons. The maximum absolute atomic E-state index is 12.1. The second-order valence-electron chi connectivity index (χ2n) is 7.00. The van der Waals surface area contributed by atoms with Gasteiger partial charge in [0.15, 0.2) is 5.82 Å². The number of amides is 1. The van der Waals surface area contributed by atoms with Crippen molar-refractivity contribution in [3.8, 4) is 5.75 Å². The number of para-hydroxylation sites is 2. The number of aromatic nitrogens is 2. The van der Waals surface area contributed by atoms with Gasteiger partial charge in [-0.25, -0.2) is 9.97 Å². The molecule has 1 amide bonds. The Morgan fingerprint density at radius 3 is 2.59 bits per heavy atom. The quantitative estimate of drug-likeness (QED) is 0.665. The van der Waals surface area contributed by atoms with Gasteiger partial charge in [-0.15, -0.1) is 0 Å². The number of carbonyl (C=O) groups is 1. The van der Waals surface area contributed by atoms with Crippen LogP contribution >= 0.6 is 11.8 Å². The Morgan fingerprint density at radius 1 is 1.17 bits per heavy atom. The van der Waals surface area contributed by atoms with Crippen LogP contribution in [-0.2, 0) is 4.79 Å². The Bertz CT molecular complexity index is 811. The normalized spacial score (nSPS) is 15.1. The van der Waals surface area contributed by atoms with Gasteiger partial charge in [-0.05, 0) is 25.5 Å². The van der Waals surface area contributed by atoms with Crippen LogP contribution in [0.15, 0.2) is 41.7 Å². The highest BCUT2D eigenvalue weighted by atomic mass is 32.2. The van der Waals surface area contributed by atoms with Gasteiger partial charge in [0.1, 0.15) is 10.8 Å². The molecule has 156 valence electrons. The Morgan fingerprint density at radius 2 is 1.86 bits per heavy atom. The minimum Gasteiger partial charge on any atom is -0.495 e. The molecular weight excluding hydrogens is 386 g/mol. The first-order valence-corrected chi connectivity index (χ1v) is 11.0. The van der Waals surface area contributed by atoms with Crippen molar-refractivity contribution in [2.45, 2.75) is 31.3 Å². The fourth-order valence-corrected chi connectivity index (χ4v) is 4.04. The van der Waals surface area contributed by atoms with Gasteiger partial charge < -0.3 is 19.9 Å². The molecule has 2 aromatic rings. The molecule has 1 atom stereocenters. The molecule has 29 heavy (non-hydrogen) atoms. The number of rotatable bonds is 8. The summed E-state index contributed by atoms with van der Waals surface area (Å²) < 4.78 is 5.50. The number of nitrogens with one attached hydrogen (secondary N) is 1. The number of piperazine rings is 1. The molecule has 1 aromatic carbocycles. The molecule has 0 unspecified atom stereocenters. The van der Waals surface area contributed by atoms with E-state index in [1.807, 2.05) is 25.1 Å². The second-order valence-corrected chi connectivity index (χ2v) is 7.96. The molecule has 1 N–H and O–H groups in total. The Kier molecular flexibility index (Phi) is 7.57. The van der Waals surface area contributed by atoms with Crippen molar-refractivity contribution >= 4 is 29.2 Å². The van der Waals surface area contributed by atoms with E-state index in [2.05, 4.69) is 38.1 Å². The summed E-state index contributed by atoms with van der Waals surface area (Å²) in [6.45, 7) is 7.49. The van der Waals surface area contributed by atoms with Gasteiger partial charge in [0.05, 0.1) is 18.6 Å². The van der Waals surface area contributed by atoms with Crippen LogP contribution in [0.25, 0.3) is 0 Å². The smallest absolute Gasteiger partial charge is 0.230 e. The van der Waals surface area contributed by atoms with Gasteiger partial charge in [0.25, 0.3) is 0 Å². The van der Waals surface area contributed by atoms with Crippen LogP contribution in [0, 0.1) is 0 Å². The summed E-state index contributed by atoms with van der Waals surface area (Å²) in [7, 11) is 1.70. The van der Waals surface area contributed by atoms with Gasteiger partial charge in [-0.2, -0.15) is 0 Å². The fourth-order valence-electron chi connectivity index (χ4n) is 3.24. The van der Waals surface area contributed by atoms with E-state index in [-0.39, 0.29) is 11.9 Å². The van der Waals surface area contributed by atoms with Crippen molar-refractivity contribution in [3.63, 3.8) is 0 Å². The summed E-state index contributed by atoms with van der Waals surface area (Å²) in [5, 5.41) is 3.80. The number of anilines is 2. The highest BCUT2D eigenvalue weighted by Crippen LogP contribution is 2.31. The molecule has 0 bridgehead atoms. The molecule has 1 aromatic heterocycles. The van der Waals surface area contributed by atoms with E-state index < -0.39 is 0 Å². The number of ether oxygens (including phenoxy) is 1. The predicted octanol–water partition coefficient (Wildman–Crippen LogP) is 2.82. The lowest BCUT2D eigenvalue weighted by Crippen LogP contribution is -2.47. The van der Waals surface area contributed by atoms with Gasteiger partial charge in [-0.3, -0.25) is 4.79 Å². The number of carbonyl (C=O) groups excluding carboxylic acids is 1. The van der Waals surface area contributed by atoms with Crippen molar-refractivity contribution in [2.75, 3.05) is 48.8 Å². The first kappa shape index (κ1) is 21.2. The average Bonchev–Trinajstić information content (AvgIpc) is 2.78. The molecule has 1 aliphatic rings. The van der Waals surface area contributed by atoms with E-state index in [1.165, 1.54) is 11.8 Å². The molecule has 1 saturated heterocycles. The van der Waals surface area contributed by atoms with Crippen molar-refractivity contribution in [3.05, 3.63) is 36.7 Å². The van der Waals surface area contributed by atoms with Crippen LogP contribution in [-0.4, -0.2) is 61.0 Å². The number of hydrogen-bond acceptors (Lipinski definition) is 7. The van der Waals surface area contributed by atoms with E-state index in [0.717, 1.165) is 54.9 Å². The number of hydrogen-bond donors (Lipinski definition) is 1. The Balaban J connectivity index is 1.62. The fraction of sp³-hybridized carbons (Fsp3) is 0.476. The third-order valence-electron chi connectivity index (χ3n) is 5.01. The summed E-state index contributed by atoms with van der Waals surface area (Å²) in [5.41, 5.74) is 1.12. The number of nitrogens with zero attached hydrogens (tertiary/aromatic N) is 4. The van der Waals surface area contributed by atoms with E-state index in [4.69, 9.17) is 4.74 Å². The molecule has 1 aliphatic heterocycles. The van der Waals surface area contributed by atoms with Crippen molar-refractivity contribution < 1.29 is 9.53 Å². The minimum absolute atomic E-state index is 0.0296. The van der Waals surface area contributed by atoms with Crippen LogP contribution in [0.5, 0.6) is 5.75 Å². The zero-order chi connectivity index (χ0) is 20.6. The number of benzene rings is 1. The standard InChI is InChI=1S/C21H29N5O2S/c1-4-16(2)24-19(27)15-29-21-20(22-9-10-23-21)26-13-11-25(12-14-26)17-7-5-6-8-18(17)28-3/h5-10,16H,4,11-15H2,1-3H3,(H,24,27)/t16-/m1/s1. The largest absolute Gasteiger partial charge is 0.495 e. The predicted molar refractivity (Wildman–Crippen MR) is 118 cm³/mol.